The third kappa shape index (κ3) is 7.66. The average Bonchev–Trinajstić information content (AvgIpc) is 2.75. The molecular formula is C23H33N3O3. The fourth-order valence-electron chi connectivity index (χ4n) is 2.92. The molecule has 0 bridgehead atoms. The van der Waals surface area contributed by atoms with Crippen LogP contribution in [0.15, 0.2) is 47.5 Å². The van der Waals surface area contributed by atoms with E-state index in [1.54, 1.807) is 14.2 Å². The first-order valence-corrected chi connectivity index (χ1v) is 10.0. The Kier molecular flexibility index (Phi) is 9.86. The summed E-state index contributed by atoms with van der Waals surface area (Å²) in [7, 11) is 3.47. The van der Waals surface area contributed by atoms with Crippen LogP contribution in [0.1, 0.15) is 23.6 Å². The van der Waals surface area contributed by atoms with Crippen LogP contribution >= 0.6 is 0 Å². The quantitative estimate of drug-likeness (QED) is 0.345. The number of methoxy groups -OCH3 is 1. The van der Waals surface area contributed by atoms with Crippen LogP contribution in [0.4, 0.5) is 0 Å². The van der Waals surface area contributed by atoms with Gasteiger partial charge in [0.05, 0.1) is 13.7 Å². The molecule has 158 valence electrons. The van der Waals surface area contributed by atoms with E-state index in [1.165, 1.54) is 11.1 Å². The number of hydrogen-bond acceptors (Lipinski definition) is 4. The van der Waals surface area contributed by atoms with Gasteiger partial charge < -0.3 is 24.8 Å². The molecule has 0 aliphatic carbocycles. The lowest BCUT2D eigenvalue weighted by Gasteiger charge is -2.16. The van der Waals surface area contributed by atoms with Crippen LogP contribution < -0.4 is 20.1 Å². The lowest BCUT2D eigenvalue weighted by molar-refractivity contribution is 0.110. The predicted molar refractivity (Wildman–Crippen MR) is 118 cm³/mol. The number of aliphatic imine (C=N–C) groups is 1. The number of ether oxygens (including phenoxy) is 3. The Bertz CT molecular complexity index is 778. The van der Waals surface area contributed by atoms with E-state index in [4.69, 9.17) is 14.2 Å². The van der Waals surface area contributed by atoms with Crippen molar-refractivity contribution in [2.24, 2.45) is 4.99 Å². The molecule has 29 heavy (non-hydrogen) atoms. The first-order valence-electron chi connectivity index (χ1n) is 10.0. The van der Waals surface area contributed by atoms with Gasteiger partial charge in [-0.3, -0.25) is 4.99 Å². The SMILES string of the molecule is CCOCCOc1cc(C)ccc1CNC(=NC)NCCc1ccccc1OC. The summed E-state index contributed by atoms with van der Waals surface area (Å²) in [4.78, 5) is 4.31. The van der Waals surface area contributed by atoms with Crippen molar-refractivity contribution in [3.05, 3.63) is 59.2 Å². The Morgan fingerprint density at radius 1 is 1.00 bits per heavy atom. The summed E-state index contributed by atoms with van der Waals surface area (Å²) >= 11 is 0. The number of guanidine groups is 1. The number of hydrogen-bond donors (Lipinski definition) is 2. The molecule has 2 aromatic rings. The number of rotatable bonds is 11. The summed E-state index contributed by atoms with van der Waals surface area (Å²) < 4.78 is 16.7. The van der Waals surface area contributed by atoms with Gasteiger partial charge in [0, 0.05) is 32.3 Å². The zero-order valence-corrected chi connectivity index (χ0v) is 18.0. The summed E-state index contributed by atoms with van der Waals surface area (Å²) in [6, 6.07) is 14.3. The molecule has 2 aromatic carbocycles. The van der Waals surface area contributed by atoms with Crippen LogP contribution in [0.25, 0.3) is 0 Å². The van der Waals surface area contributed by atoms with Gasteiger partial charge in [0.15, 0.2) is 5.96 Å². The molecule has 2 N–H and O–H groups in total. The molecule has 0 heterocycles. The van der Waals surface area contributed by atoms with Crippen molar-refractivity contribution < 1.29 is 14.2 Å². The lowest BCUT2D eigenvalue weighted by atomic mass is 10.1. The Labute approximate surface area is 174 Å². The van der Waals surface area contributed by atoms with E-state index in [0.717, 1.165) is 36.0 Å². The Hall–Kier alpha value is -2.73. The standard InChI is InChI=1S/C23H33N3O3/c1-5-28-14-15-29-22-16-18(2)10-11-20(22)17-26-23(24-3)25-13-12-19-8-6-7-9-21(19)27-4/h6-11,16H,5,12-15,17H2,1-4H3,(H2,24,25,26). The molecule has 6 heteroatoms. The molecule has 0 saturated heterocycles. The minimum atomic E-state index is 0.538. The summed E-state index contributed by atoms with van der Waals surface area (Å²) in [6.07, 6.45) is 0.848. The Balaban J connectivity index is 1.87. The van der Waals surface area contributed by atoms with Crippen molar-refractivity contribution in [3.63, 3.8) is 0 Å². The highest BCUT2D eigenvalue weighted by molar-refractivity contribution is 5.79. The lowest BCUT2D eigenvalue weighted by Crippen LogP contribution is -2.38. The molecule has 0 atom stereocenters. The third-order valence-corrected chi connectivity index (χ3v) is 4.46. The maximum absolute atomic E-state index is 5.91. The van der Waals surface area contributed by atoms with E-state index in [-0.39, 0.29) is 0 Å². The molecule has 0 aliphatic rings. The minimum Gasteiger partial charge on any atom is -0.496 e. The van der Waals surface area contributed by atoms with E-state index >= 15 is 0 Å². The van der Waals surface area contributed by atoms with Crippen molar-refractivity contribution >= 4 is 5.96 Å². The maximum atomic E-state index is 5.91. The molecule has 6 nitrogen and oxygen atoms in total. The summed E-state index contributed by atoms with van der Waals surface area (Å²) in [5.41, 5.74) is 3.42. The molecule has 0 aromatic heterocycles. The van der Waals surface area contributed by atoms with Gasteiger partial charge in [-0.05, 0) is 43.5 Å². The van der Waals surface area contributed by atoms with Crippen molar-refractivity contribution in [2.75, 3.05) is 40.5 Å². The fourth-order valence-corrected chi connectivity index (χ4v) is 2.92. The normalized spacial score (nSPS) is 11.2. The molecular weight excluding hydrogens is 366 g/mol. The van der Waals surface area contributed by atoms with Crippen molar-refractivity contribution in [3.8, 4) is 11.5 Å². The molecule has 0 spiro atoms. The van der Waals surface area contributed by atoms with Crippen LogP contribution in [-0.4, -0.2) is 46.5 Å². The van der Waals surface area contributed by atoms with Crippen LogP contribution in [-0.2, 0) is 17.7 Å². The summed E-state index contributed by atoms with van der Waals surface area (Å²) in [6.45, 7) is 7.24. The highest BCUT2D eigenvalue weighted by Gasteiger charge is 2.07. The molecule has 0 fully saturated rings. The Morgan fingerprint density at radius 3 is 2.59 bits per heavy atom. The molecule has 0 unspecified atom stereocenters. The van der Waals surface area contributed by atoms with Crippen LogP contribution in [0.2, 0.25) is 0 Å². The second kappa shape index (κ2) is 12.7. The smallest absolute Gasteiger partial charge is 0.191 e. The number of aryl methyl sites for hydroxylation is 1. The second-order valence-corrected chi connectivity index (χ2v) is 6.57. The second-order valence-electron chi connectivity index (χ2n) is 6.57. The molecule has 0 amide bonds. The third-order valence-electron chi connectivity index (χ3n) is 4.46. The summed E-state index contributed by atoms with van der Waals surface area (Å²) in [5, 5.41) is 6.71. The highest BCUT2D eigenvalue weighted by Crippen LogP contribution is 2.20. The van der Waals surface area contributed by atoms with Crippen LogP contribution in [0.5, 0.6) is 11.5 Å². The highest BCUT2D eigenvalue weighted by atomic mass is 16.5. The largest absolute Gasteiger partial charge is 0.496 e. The molecule has 2 rings (SSSR count). The maximum Gasteiger partial charge on any atom is 0.191 e. The van der Waals surface area contributed by atoms with Crippen molar-refractivity contribution in [1.82, 2.24) is 10.6 Å². The van der Waals surface area contributed by atoms with Gasteiger partial charge in [0.1, 0.15) is 18.1 Å². The van der Waals surface area contributed by atoms with E-state index in [9.17, 15) is 0 Å². The molecule has 0 saturated carbocycles. The van der Waals surface area contributed by atoms with Crippen molar-refractivity contribution in [1.29, 1.82) is 0 Å². The summed E-state index contributed by atoms with van der Waals surface area (Å²) in [5.74, 6) is 2.54. The van der Waals surface area contributed by atoms with Gasteiger partial charge in [-0.2, -0.15) is 0 Å². The Morgan fingerprint density at radius 2 is 1.83 bits per heavy atom. The van der Waals surface area contributed by atoms with Crippen molar-refractivity contribution in [2.45, 2.75) is 26.8 Å². The van der Waals surface area contributed by atoms with Crippen LogP contribution in [0.3, 0.4) is 0 Å². The van der Waals surface area contributed by atoms with Gasteiger partial charge >= 0.3 is 0 Å². The van der Waals surface area contributed by atoms with Gasteiger partial charge in [0.2, 0.25) is 0 Å². The van der Waals surface area contributed by atoms with E-state index in [0.29, 0.717) is 26.4 Å². The number of benzene rings is 2. The zero-order valence-electron chi connectivity index (χ0n) is 18.0. The monoisotopic (exact) mass is 399 g/mol. The number of nitrogens with zero attached hydrogens (tertiary/aromatic N) is 1. The topological polar surface area (TPSA) is 64.1 Å². The van der Waals surface area contributed by atoms with E-state index in [1.807, 2.05) is 25.1 Å². The van der Waals surface area contributed by atoms with Gasteiger partial charge in [-0.25, -0.2) is 0 Å². The van der Waals surface area contributed by atoms with E-state index in [2.05, 4.69) is 46.8 Å². The van der Waals surface area contributed by atoms with Gasteiger partial charge in [0.25, 0.3) is 0 Å². The zero-order chi connectivity index (χ0) is 20.9. The van der Waals surface area contributed by atoms with Gasteiger partial charge in [-0.1, -0.05) is 30.3 Å². The number of para-hydroxylation sites is 1. The van der Waals surface area contributed by atoms with E-state index < -0.39 is 0 Å². The average molecular weight is 400 g/mol. The van der Waals surface area contributed by atoms with Crippen LogP contribution in [0, 0.1) is 6.92 Å². The molecule has 0 radical (unpaired) electrons. The molecule has 0 aliphatic heterocycles. The first-order chi connectivity index (χ1) is 14.2. The first kappa shape index (κ1) is 22.6. The number of nitrogens with one attached hydrogen (secondary N) is 2. The predicted octanol–water partition coefficient (Wildman–Crippen LogP) is 3.33. The van der Waals surface area contributed by atoms with Gasteiger partial charge in [-0.15, -0.1) is 0 Å². The minimum absolute atomic E-state index is 0.538. The fraction of sp³-hybridized carbons (Fsp3) is 0.435.